The van der Waals surface area contributed by atoms with E-state index in [0.717, 1.165) is 11.4 Å². The van der Waals surface area contributed by atoms with E-state index in [9.17, 15) is 10.1 Å². The van der Waals surface area contributed by atoms with E-state index in [2.05, 4.69) is 4.98 Å². The third-order valence-corrected chi connectivity index (χ3v) is 3.81. The molecule has 2 aromatic rings. The molecular weight excluding hydrogens is 278 g/mol. The summed E-state index contributed by atoms with van der Waals surface area (Å²) in [5.74, 6) is 0. The minimum atomic E-state index is -0.406. The summed E-state index contributed by atoms with van der Waals surface area (Å²) in [6.07, 6.45) is 2.48. The molecule has 1 aromatic carbocycles. The lowest BCUT2D eigenvalue weighted by Gasteiger charge is -2.19. The Balaban J connectivity index is 2.18. The van der Waals surface area contributed by atoms with Crippen molar-refractivity contribution >= 4 is 22.7 Å². The fraction of sp³-hybridized carbons (Fsp3) is 0.308. The lowest BCUT2D eigenvalue weighted by Crippen LogP contribution is -2.21. The van der Waals surface area contributed by atoms with Crippen LogP contribution in [-0.2, 0) is 13.0 Å². The predicted molar refractivity (Wildman–Crippen MR) is 78.1 cm³/mol. The highest BCUT2D eigenvalue weighted by Gasteiger charge is 2.17. The number of aliphatic hydroxyl groups is 1. The summed E-state index contributed by atoms with van der Waals surface area (Å²) in [6.45, 7) is 0.495. The number of anilines is 1. The fourth-order valence-corrected chi connectivity index (χ4v) is 2.50. The van der Waals surface area contributed by atoms with Crippen LogP contribution in [0.15, 0.2) is 29.8 Å². The number of hydrogen-bond acceptors (Lipinski definition) is 6. The van der Waals surface area contributed by atoms with Gasteiger partial charge in [-0.2, -0.15) is 0 Å². The Kier molecular flexibility index (Phi) is 4.65. The van der Waals surface area contributed by atoms with Gasteiger partial charge in [-0.1, -0.05) is 0 Å². The van der Waals surface area contributed by atoms with Crippen molar-refractivity contribution < 1.29 is 10.0 Å². The molecule has 1 N–H and O–H groups in total. The van der Waals surface area contributed by atoms with Crippen molar-refractivity contribution in [2.75, 3.05) is 18.5 Å². The van der Waals surface area contributed by atoms with Gasteiger partial charge in [-0.25, -0.2) is 4.98 Å². The van der Waals surface area contributed by atoms with E-state index in [1.54, 1.807) is 36.7 Å². The fourth-order valence-electron chi connectivity index (χ4n) is 1.89. The summed E-state index contributed by atoms with van der Waals surface area (Å²) in [5.41, 5.74) is 1.22. The Labute approximate surface area is 120 Å². The number of benzene rings is 1. The van der Waals surface area contributed by atoms with E-state index < -0.39 is 4.92 Å². The maximum Gasteiger partial charge on any atom is 0.292 e. The summed E-state index contributed by atoms with van der Waals surface area (Å²) in [7, 11) is 1.80. The average Bonchev–Trinajstić information content (AvgIpc) is 2.97. The van der Waals surface area contributed by atoms with Gasteiger partial charge in [-0.3, -0.25) is 10.1 Å². The van der Waals surface area contributed by atoms with Crippen LogP contribution < -0.4 is 4.90 Å². The van der Waals surface area contributed by atoms with E-state index in [-0.39, 0.29) is 12.3 Å². The van der Waals surface area contributed by atoms with Gasteiger partial charge in [-0.05, 0) is 17.7 Å². The third-order valence-electron chi connectivity index (χ3n) is 2.97. The molecule has 0 spiro atoms. The molecule has 0 saturated carbocycles. The molecule has 0 fully saturated rings. The molecule has 20 heavy (non-hydrogen) atoms. The third kappa shape index (κ3) is 3.31. The molecule has 0 aliphatic carbocycles. The highest BCUT2D eigenvalue weighted by Crippen LogP contribution is 2.28. The van der Waals surface area contributed by atoms with Gasteiger partial charge in [0.25, 0.3) is 5.69 Å². The first-order valence-corrected chi connectivity index (χ1v) is 6.97. The van der Waals surface area contributed by atoms with E-state index in [1.165, 1.54) is 6.07 Å². The molecule has 0 atom stereocenters. The Morgan fingerprint density at radius 3 is 2.90 bits per heavy atom. The average molecular weight is 293 g/mol. The molecule has 7 heteroatoms. The number of nitro groups is 1. The molecule has 0 aliphatic heterocycles. The van der Waals surface area contributed by atoms with Gasteiger partial charge in [-0.15, -0.1) is 11.3 Å². The highest BCUT2D eigenvalue weighted by molar-refractivity contribution is 7.09. The van der Waals surface area contributed by atoms with Crippen molar-refractivity contribution in [2.24, 2.45) is 0 Å². The first-order chi connectivity index (χ1) is 9.61. The van der Waals surface area contributed by atoms with Gasteiger partial charge in [0.15, 0.2) is 0 Å². The van der Waals surface area contributed by atoms with Gasteiger partial charge < -0.3 is 10.0 Å². The quantitative estimate of drug-likeness (QED) is 0.652. The second-order valence-corrected chi connectivity index (χ2v) is 5.31. The second kappa shape index (κ2) is 6.44. The Bertz CT molecular complexity index is 587. The van der Waals surface area contributed by atoms with Gasteiger partial charge in [0.2, 0.25) is 0 Å². The van der Waals surface area contributed by atoms with Crippen molar-refractivity contribution in [1.29, 1.82) is 0 Å². The Morgan fingerprint density at radius 2 is 2.30 bits per heavy atom. The van der Waals surface area contributed by atoms with Crippen molar-refractivity contribution in [3.8, 4) is 0 Å². The van der Waals surface area contributed by atoms with Gasteiger partial charge in [0.05, 0.1) is 16.5 Å². The summed E-state index contributed by atoms with van der Waals surface area (Å²) >= 11 is 1.57. The first-order valence-electron chi connectivity index (χ1n) is 6.09. The van der Waals surface area contributed by atoms with E-state index in [1.807, 2.05) is 10.3 Å². The molecule has 106 valence electrons. The molecule has 0 radical (unpaired) electrons. The van der Waals surface area contributed by atoms with Crippen LogP contribution in [0.1, 0.15) is 10.6 Å². The van der Waals surface area contributed by atoms with E-state index >= 15 is 0 Å². The molecule has 1 heterocycles. The predicted octanol–water partition coefficient (Wildman–Crippen LogP) is 2.22. The van der Waals surface area contributed by atoms with Crippen molar-refractivity contribution in [3.63, 3.8) is 0 Å². The molecular formula is C13H15N3O3S. The van der Waals surface area contributed by atoms with Crippen molar-refractivity contribution in [2.45, 2.75) is 13.0 Å². The zero-order valence-electron chi connectivity index (χ0n) is 11.0. The Morgan fingerprint density at radius 1 is 1.50 bits per heavy atom. The highest BCUT2D eigenvalue weighted by atomic mass is 32.1. The molecule has 0 aliphatic rings. The number of nitrogens with zero attached hydrogens (tertiary/aromatic N) is 3. The molecule has 0 saturated heterocycles. The van der Waals surface area contributed by atoms with Gasteiger partial charge >= 0.3 is 0 Å². The van der Waals surface area contributed by atoms with Crippen LogP contribution in [-0.4, -0.2) is 28.6 Å². The molecule has 0 unspecified atom stereocenters. The van der Waals surface area contributed by atoms with Crippen LogP contribution in [0.25, 0.3) is 0 Å². The Hall–Kier alpha value is -1.99. The number of aromatic nitrogens is 1. The van der Waals surface area contributed by atoms with E-state index in [0.29, 0.717) is 17.8 Å². The van der Waals surface area contributed by atoms with E-state index in [4.69, 9.17) is 5.11 Å². The topological polar surface area (TPSA) is 79.5 Å². The maximum atomic E-state index is 11.1. The maximum absolute atomic E-state index is 11.1. The van der Waals surface area contributed by atoms with Crippen LogP contribution in [0.2, 0.25) is 0 Å². The standard InChI is InChI=1S/C13H15N3O3S/c1-15(6-4-13-14-5-7-20-13)12-8-10(9-17)2-3-11(12)16(18)19/h2-3,5,7-8,17H,4,6,9H2,1H3. The lowest BCUT2D eigenvalue weighted by atomic mass is 10.1. The number of rotatable bonds is 6. The smallest absolute Gasteiger partial charge is 0.292 e. The monoisotopic (exact) mass is 293 g/mol. The molecule has 6 nitrogen and oxygen atoms in total. The molecule has 0 amide bonds. The SMILES string of the molecule is CN(CCc1nccs1)c1cc(CO)ccc1[N+](=O)[O-]. The summed E-state index contributed by atoms with van der Waals surface area (Å²) < 4.78 is 0. The summed E-state index contributed by atoms with van der Waals surface area (Å²) in [6, 6.07) is 4.65. The number of nitro benzene ring substituents is 1. The summed E-state index contributed by atoms with van der Waals surface area (Å²) in [5, 5.41) is 23.1. The number of likely N-dealkylation sites (N-methyl/N-ethyl adjacent to an activating group) is 1. The lowest BCUT2D eigenvalue weighted by molar-refractivity contribution is -0.384. The molecule has 0 bridgehead atoms. The largest absolute Gasteiger partial charge is 0.392 e. The zero-order chi connectivity index (χ0) is 14.5. The zero-order valence-corrected chi connectivity index (χ0v) is 11.8. The van der Waals surface area contributed by atoms with Crippen molar-refractivity contribution in [3.05, 3.63) is 50.5 Å². The number of hydrogen-bond donors (Lipinski definition) is 1. The number of thiazole rings is 1. The van der Waals surface area contributed by atoms with Crippen molar-refractivity contribution in [1.82, 2.24) is 4.98 Å². The van der Waals surface area contributed by atoms with Crippen LogP contribution in [0.4, 0.5) is 11.4 Å². The van der Waals surface area contributed by atoms with Crippen LogP contribution in [0.5, 0.6) is 0 Å². The van der Waals surface area contributed by atoms with Crippen LogP contribution >= 0.6 is 11.3 Å². The minimum Gasteiger partial charge on any atom is -0.392 e. The van der Waals surface area contributed by atoms with Gasteiger partial charge in [0.1, 0.15) is 5.69 Å². The second-order valence-electron chi connectivity index (χ2n) is 4.34. The minimum absolute atomic E-state index is 0.0452. The normalized spacial score (nSPS) is 10.5. The molecule has 1 aromatic heterocycles. The number of aliphatic hydroxyl groups excluding tert-OH is 1. The van der Waals surface area contributed by atoms with Crippen LogP contribution in [0.3, 0.4) is 0 Å². The summed E-state index contributed by atoms with van der Waals surface area (Å²) in [4.78, 5) is 16.7. The van der Waals surface area contributed by atoms with Gasteiger partial charge in [0, 0.05) is 37.7 Å². The van der Waals surface area contributed by atoms with Crippen LogP contribution in [0, 0.1) is 10.1 Å². The molecule has 2 rings (SSSR count). The first kappa shape index (κ1) is 14.4.